The summed E-state index contributed by atoms with van der Waals surface area (Å²) in [5.41, 5.74) is 0.758. The molecule has 1 aliphatic heterocycles. The van der Waals surface area contributed by atoms with Gasteiger partial charge in [0.2, 0.25) is 0 Å². The van der Waals surface area contributed by atoms with Crippen LogP contribution in [0.1, 0.15) is 33.1 Å². The van der Waals surface area contributed by atoms with Crippen molar-refractivity contribution >= 4 is 27.3 Å². The lowest BCUT2D eigenvalue weighted by atomic mass is 9.90. The standard InChI is InChI=1S/C14H19BrN2O3/c1-3-14(2)9-10(6-7-20-14)16-13-8-11(17(18)19)4-5-12(13)15/h4-5,8,10,16H,3,6-7,9H2,1-2H3. The van der Waals surface area contributed by atoms with Crippen LogP contribution in [0.2, 0.25) is 0 Å². The fraction of sp³-hybridized carbons (Fsp3) is 0.571. The van der Waals surface area contributed by atoms with Gasteiger partial charge in [-0.2, -0.15) is 0 Å². The second-order valence-corrected chi connectivity index (χ2v) is 6.26. The van der Waals surface area contributed by atoms with Crippen LogP contribution < -0.4 is 5.32 Å². The number of nitrogens with zero attached hydrogens (tertiary/aromatic N) is 1. The van der Waals surface area contributed by atoms with Gasteiger partial charge < -0.3 is 10.1 Å². The summed E-state index contributed by atoms with van der Waals surface area (Å²) in [6.07, 6.45) is 2.77. The number of hydrogen-bond donors (Lipinski definition) is 1. The van der Waals surface area contributed by atoms with Gasteiger partial charge >= 0.3 is 0 Å². The Morgan fingerprint density at radius 2 is 2.35 bits per heavy atom. The summed E-state index contributed by atoms with van der Waals surface area (Å²) < 4.78 is 6.66. The Bertz CT molecular complexity index is 509. The summed E-state index contributed by atoms with van der Waals surface area (Å²) in [5, 5.41) is 14.3. The first kappa shape index (κ1) is 15.3. The van der Waals surface area contributed by atoms with E-state index in [1.54, 1.807) is 12.1 Å². The molecule has 5 nitrogen and oxygen atoms in total. The first-order chi connectivity index (χ1) is 9.43. The molecule has 0 aromatic heterocycles. The number of nitrogens with one attached hydrogen (secondary N) is 1. The summed E-state index contributed by atoms with van der Waals surface area (Å²) in [7, 11) is 0. The minimum Gasteiger partial charge on any atom is -0.381 e. The largest absolute Gasteiger partial charge is 0.381 e. The van der Waals surface area contributed by atoms with Crippen molar-refractivity contribution < 1.29 is 9.66 Å². The molecular formula is C14H19BrN2O3. The van der Waals surface area contributed by atoms with E-state index in [0.29, 0.717) is 6.61 Å². The van der Waals surface area contributed by atoms with Crippen molar-refractivity contribution in [3.63, 3.8) is 0 Å². The second-order valence-electron chi connectivity index (χ2n) is 5.41. The van der Waals surface area contributed by atoms with E-state index >= 15 is 0 Å². The van der Waals surface area contributed by atoms with E-state index in [1.165, 1.54) is 6.07 Å². The van der Waals surface area contributed by atoms with Gasteiger partial charge in [-0.15, -0.1) is 0 Å². The zero-order valence-corrected chi connectivity index (χ0v) is 13.3. The molecule has 110 valence electrons. The lowest BCUT2D eigenvalue weighted by Gasteiger charge is -2.38. The monoisotopic (exact) mass is 342 g/mol. The van der Waals surface area contributed by atoms with Crippen molar-refractivity contribution in [3.05, 3.63) is 32.8 Å². The molecule has 2 atom stereocenters. The predicted octanol–water partition coefficient (Wildman–Crippen LogP) is 4.12. The number of non-ortho nitro benzene ring substituents is 1. The van der Waals surface area contributed by atoms with E-state index < -0.39 is 0 Å². The molecule has 20 heavy (non-hydrogen) atoms. The average molecular weight is 343 g/mol. The zero-order valence-electron chi connectivity index (χ0n) is 11.7. The fourth-order valence-electron chi connectivity index (χ4n) is 2.46. The fourth-order valence-corrected chi connectivity index (χ4v) is 2.82. The van der Waals surface area contributed by atoms with Gasteiger partial charge in [-0.05, 0) is 48.2 Å². The first-order valence-electron chi connectivity index (χ1n) is 6.78. The van der Waals surface area contributed by atoms with Gasteiger partial charge in [-0.3, -0.25) is 10.1 Å². The van der Waals surface area contributed by atoms with Crippen LogP contribution in [0.5, 0.6) is 0 Å². The van der Waals surface area contributed by atoms with Crippen LogP contribution in [0.3, 0.4) is 0 Å². The highest BCUT2D eigenvalue weighted by Crippen LogP contribution is 2.33. The maximum Gasteiger partial charge on any atom is 0.271 e. The zero-order chi connectivity index (χ0) is 14.8. The minimum atomic E-state index is -0.377. The van der Waals surface area contributed by atoms with Crippen LogP contribution in [0.15, 0.2) is 22.7 Å². The number of nitro benzene ring substituents is 1. The van der Waals surface area contributed by atoms with Crippen molar-refractivity contribution in [2.24, 2.45) is 0 Å². The highest BCUT2D eigenvalue weighted by Gasteiger charge is 2.31. The van der Waals surface area contributed by atoms with Crippen LogP contribution in [0.4, 0.5) is 11.4 Å². The maximum atomic E-state index is 10.8. The molecule has 1 heterocycles. The van der Waals surface area contributed by atoms with Crippen LogP contribution in [-0.2, 0) is 4.74 Å². The first-order valence-corrected chi connectivity index (χ1v) is 7.57. The number of benzene rings is 1. The topological polar surface area (TPSA) is 64.4 Å². The van der Waals surface area contributed by atoms with E-state index in [1.807, 2.05) is 0 Å². The van der Waals surface area contributed by atoms with Crippen molar-refractivity contribution in [2.75, 3.05) is 11.9 Å². The van der Waals surface area contributed by atoms with Gasteiger partial charge in [0, 0.05) is 29.3 Å². The molecule has 1 aromatic carbocycles. The van der Waals surface area contributed by atoms with E-state index in [4.69, 9.17) is 4.74 Å². The number of nitro groups is 1. The van der Waals surface area contributed by atoms with Crippen molar-refractivity contribution in [1.82, 2.24) is 0 Å². The normalized spacial score (nSPS) is 26.2. The molecule has 6 heteroatoms. The summed E-state index contributed by atoms with van der Waals surface area (Å²) in [5.74, 6) is 0. The molecule has 1 N–H and O–H groups in total. The minimum absolute atomic E-state index is 0.0982. The van der Waals surface area contributed by atoms with Gasteiger partial charge in [0.25, 0.3) is 5.69 Å². The smallest absolute Gasteiger partial charge is 0.271 e. The van der Waals surface area contributed by atoms with Gasteiger partial charge in [0.15, 0.2) is 0 Å². The Morgan fingerprint density at radius 1 is 1.60 bits per heavy atom. The van der Waals surface area contributed by atoms with Gasteiger partial charge in [0.05, 0.1) is 16.2 Å². The lowest BCUT2D eigenvalue weighted by molar-refractivity contribution is -0.384. The maximum absolute atomic E-state index is 10.8. The third kappa shape index (κ3) is 3.49. The third-order valence-electron chi connectivity index (χ3n) is 3.86. The average Bonchev–Trinajstić information content (AvgIpc) is 2.41. The number of hydrogen-bond acceptors (Lipinski definition) is 4. The second kappa shape index (κ2) is 6.10. The van der Waals surface area contributed by atoms with Crippen LogP contribution in [0, 0.1) is 10.1 Å². The SMILES string of the molecule is CCC1(C)CC(Nc2cc([N+](=O)[O-])ccc2Br)CCO1. The predicted molar refractivity (Wildman–Crippen MR) is 82.1 cm³/mol. The Kier molecular flexibility index (Phi) is 4.65. The van der Waals surface area contributed by atoms with Gasteiger partial charge in [0.1, 0.15) is 0 Å². The van der Waals surface area contributed by atoms with Crippen molar-refractivity contribution in [3.8, 4) is 0 Å². The molecule has 1 aromatic rings. The Morgan fingerprint density at radius 3 is 3.00 bits per heavy atom. The lowest BCUT2D eigenvalue weighted by Crippen LogP contribution is -2.41. The van der Waals surface area contributed by atoms with Crippen LogP contribution in [-0.4, -0.2) is 23.2 Å². The number of halogens is 1. The molecule has 1 aliphatic rings. The van der Waals surface area contributed by atoms with E-state index in [0.717, 1.165) is 29.4 Å². The Balaban J connectivity index is 2.13. The number of rotatable bonds is 4. The quantitative estimate of drug-likeness (QED) is 0.660. The molecule has 2 unspecified atom stereocenters. The number of anilines is 1. The van der Waals surface area contributed by atoms with Crippen LogP contribution in [0.25, 0.3) is 0 Å². The summed E-state index contributed by atoms with van der Waals surface area (Å²) in [6, 6.07) is 5.05. The number of ether oxygens (including phenoxy) is 1. The molecule has 0 saturated carbocycles. The van der Waals surface area contributed by atoms with Gasteiger partial charge in [-0.25, -0.2) is 0 Å². The van der Waals surface area contributed by atoms with Crippen LogP contribution >= 0.6 is 15.9 Å². The van der Waals surface area contributed by atoms with Crippen molar-refractivity contribution in [2.45, 2.75) is 44.8 Å². The molecule has 2 rings (SSSR count). The summed E-state index contributed by atoms with van der Waals surface area (Å²) >= 11 is 3.44. The van der Waals surface area contributed by atoms with E-state index in [9.17, 15) is 10.1 Å². The molecule has 0 radical (unpaired) electrons. The summed E-state index contributed by atoms with van der Waals surface area (Å²) in [6.45, 7) is 4.95. The molecular weight excluding hydrogens is 324 g/mol. The van der Waals surface area contributed by atoms with E-state index in [2.05, 4.69) is 35.1 Å². The molecule has 0 amide bonds. The third-order valence-corrected chi connectivity index (χ3v) is 4.55. The Labute approximate surface area is 127 Å². The van der Waals surface area contributed by atoms with Crippen molar-refractivity contribution in [1.29, 1.82) is 0 Å². The Hall–Kier alpha value is -1.14. The molecule has 1 fully saturated rings. The molecule has 0 spiro atoms. The summed E-state index contributed by atoms with van der Waals surface area (Å²) in [4.78, 5) is 10.5. The van der Waals surface area contributed by atoms with Gasteiger partial charge in [-0.1, -0.05) is 6.92 Å². The molecule has 0 bridgehead atoms. The molecule has 0 aliphatic carbocycles. The van der Waals surface area contributed by atoms with E-state index in [-0.39, 0.29) is 22.3 Å². The highest BCUT2D eigenvalue weighted by molar-refractivity contribution is 9.10. The molecule has 1 saturated heterocycles. The highest BCUT2D eigenvalue weighted by atomic mass is 79.9.